The molecule has 0 aliphatic carbocycles. The molecular weight excluding hydrogens is 300 g/mol. The van der Waals surface area contributed by atoms with Crippen molar-refractivity contribution in [2.75, 3.05) is 6.61 Å². The maximum atomic E-state index is 11.7. The minimum atomic E-state index is -0.629. The molecule has 0 saturated heterocycles. The molecule has 0 aliphatic heterocycles. The lowest BCUT2D eigenvalue weighted by Crippen LogP contribution is -2.11. The lowest BCUT2D eigenvalue weighted by molar-refractivity contribution is 0.0973. The van der Waals surface area contributed by atoms with Crippen molar-refractivity contribution < 1.29 is 14.3 Å². The van der Waals surface area contributed by atoms with Gasteiger partial charge in [0.2, 0.25) is 0 Å². The Hall–Kier alpha value is -2.29. The molecule has 2 aromatic rings. The number of hydrogen-bond acceptors (Lipinski definition) is 3. The summed E-state index contributed by atoms with van der Waals surface area (Å²) < 4.78 is 10.3. The zero-order valence-corrected chi connectivity index (χ0v) is 14.4. The molecule has 0 unspecified atom stereocenters. The molecule has 0 heterocycles. The van der Waals surface area contributed by atoms with Crippen LogP contribution in [0.2, 0.25) is 0 Å². The number of carbonyl (C=O) groups is 1. The van der Waals surface area contributed by atoms with Crippen LogP contribution in [0.5, 0.6) is 5.75 Å². The SMILES string of the molecule is CCCCCCCCOC(=O)Oc1ccc(-c2ccccc2)cc1. The van der Waals surface area contributed by atoms with Gasteiger partial charge in [0.05, 0.1) is 6.61 Å². The first kappa shape index (κ1) is 18.1. The average Bonchev–Trinajstić information content (AvgIpc) is 2.62. The Morgan fingerprint density at radius 3 is 2.12 bits per heavy atom. The Morgan fingerprint density at radius 2 is 1.42 bits per heavy atom. The molecular formula is C21H26O3. The summed E-state index contributed by atoms with van der Waals surface area (Å²) in [5.41, 5.74) is 2.22. The van der Waals surface area contributed by atoms with Crippen LogP contribution in [0.1, 0.15) is 45.4 Å². The summed E-state index contributed by atoms with van der Waals surface area (Å²) in [6.07, 6.45) is 6.34. The van der Waals surface area contributed by atoms with E-state index >= 15 is 0 Å². The van der Waals surface area contributed by atoms with Crippen molar-refractivity contribution in [3.8, 4) is 16.9 Å². The Morgan fingerprint density at radius 1 is 0.792 bits per heavy atom. The number of hydrogen-bond donors (Lipinski definition) is 0. The third kappa shape index (κ3) is 6.45. The highest BCUT2D eigenvalue weighted by Gasteiger charge is 2.06. The maximum absolute atomic E-state index is 11.7. The van der Waals surface area contributed by atoms with Crippen LogP contribution in [0.25, 0.3) is 11.1 Å². The summed E-state index contributed by atoms with van der Waals surface area (Å²) in [6, 6.07) is 17.5. The van der Waals surface area contributed by atoms with Crippen LogP contribution >= 0.6 is 0 Å². The van der Waals surface area contributed by atoms with Crippen molar-refractivity contribution in [2.45, 2.75) is 45.4 Å². The molecule has 2 rings (SSSR count). The summed E-state index contributed by atoms with van der Waals surface area (Å²) in [5, 5.41) is 0. The van der Waals surface area contributed by atoms with Gasteiger partial charge in [-0.25, -0.2) is 4.79 Å². The van der Waals surface area contributed by atoms with Gasteiger partial charge >= 0.3 is 6.16 Å². The van der Waals surface area contributed by atoms with Crippen LogP contribution in [0.4, 0.5) is 4.79 Å². The first-order chi connectivity index (χ1) is 11.8. The Balaban J connectivity index is 1.69. The Kier molecular flexibility index (Phi) is 7.88. The van der Waals surface area contributed by atoms with Crippen LogP contribution in [-0.4, -0.2) is 12.8 Å². The van der Waals surface area contributed by atoms with Crippen LogP contribution in [0.3, 0.4) is 0 Å². The third-order valence-corrected chi connectivity index (χ3v) is 3.88. The fourth-order valence-corrected chi connectivity index (χ4v) is 2.51. The predicted octanol–water partition coefficient (Wildman–Crippen LogP) is 6.23. The maximum Gasteiger partial charge on any atom is 0.513 e. The van der Waals surface area contributed by atoms with Gasteiger partial charge < -0.3 is 9.47 Å². The summed E-state index contributed by atoms with van der Waals surface area (Å²) in [5.74, 6) is 0.502. The van der Waals surface area contributed by atoms with E-state index in [1.54, 1.807) is 12.1 Å². The van der Waals surface area contributed by atoms with Crippen LogP contribution in [0, 0.1) is 0 Å². The summed E-state index contributed by atoms with van der Waals surface area (Å²) in [7, 11) is 0. The largest absolute Gasteiger partial charge is 0.513 e. The van der Waals surface area contributed by atoms with Gasteiger partial charge in [0.1, 0.15) is 5.75 Å². The van der Waals surface area contributed by atoms with Crippen molar-refractivity contribution in [2.24, 2.45) is 0 Å². The fraction of sp³-hybridized carbons (Fsp3) is 0.381. The van der Waals surface area contributed by atoms with Crippen molar-refractivity contribution in [3.05, 3.63) is 54.6 Å². The molecule has 0 bridgehead atoms. The van der Waals surface area contributed by atoms with Crippen molar-refractivity contribution >= 4 is 6.16 Å². The van der Waals surface area contributed by atoms with E-state index in [0.29, 0.717) is 12.4 Å². The molecule has 0 aromatic heterocycles. The zero-order valence-electron chi connectivity index (χ0n) is 14.4. The molecule has 2 aromatic carbocycles. The van der Waals surface area contributed by atoms with E-state index in [2.05, 4.69) is 6.92 Å². The van der Waals surface area contributed by atoms with Gasteiger partial charge in [-0.2, -0.15) is 0 Å². The lowest BCUT2D eigenvalue weighted by Gasteiger charge is -2.07. The molecule has 0 N–H and O–H groups in total. The van der Waals surface area contributed by atoms with Gasteiger partial charge in [-0.05, 0) is 29.7 Å². The topological polar surface area (TPSA) is 35.5 Å². The minimum Gasteiger partial charge on any atom is -0.434 e. The number of ether oxygens (including phenoxy) is 2. The Labute approximate surface area is 144 Å². The summed E-state index contributed by atoms with van der Waals surface area (Å²) >= 11 is 0. The van der Waals surface area contributed by atoms with Gasteiger partial charge in [0.15, 0.2) is 0 Å². The molecule has 3 nitrogen and oxygen atoms in total. The molecule has 0 amide bonds. The normalized spacial score (nSPS) is 10.4. The quantitative estimate of drug-likeness (QED) is 0.311. The predicted molar refractivity (Wildman–Crippen MR) is 97.2 cm³/mol. The van der Waals surface area contributed by atoms with Gasteiger partial charge in [-0.3, -0.25) is 0 Å². The van der Waals surface area contributed by atoms with E-state index in [4.69, 9.17) is 9.47 Å². The average molecular weight is 326 g/mol. The first-order valence-corrected chi connectivity index (χ1v) is 8.79. The van der Waals surface area contributed by atoms with Crippen LogP contribution in [-0.2, 0) is 4.74 Å². The molecule has 128 valence electrons. The summed E-state index contributed by atoms with van der Waals surface area (Å²) in [6.45, 7) is 2.62. The number of unbranched alkanes of at least 4 members (excludes halogenated alkanes) is 5. The first-order valence-electron chi connectivity index (χ1n) is 8.79. The highest BCUT2D eigenvalue weighted by molar-refractivity contribution is 5.67. The van der Waals surface area contributed by atoms with Crippen molar-refractivity contribution in [1.29, 1.82) is 0 Å². The van der Waals surface area contributed by atoms with E-state index in [0.717, 1.165) is 24.0 Å². The highest BCUT2D eigenvalue weighted by atomic mass is 16.7. The van der Waals surface area contributed by atoms with Gasteiger partial charge in [0, 0.05) is 0 Å². The molecule has 24 heavy (non-hydrogen) atoms. The Bertz CT molecular complexity index is 590. The highest BCUT2D eigenvalue weighted by Crippen LogP contribution is 2.22. The van der Waals surface area contributed by atoms with E-state index in [1.165, 1.54) is 25.7 Å². The third-order valence-electron chi connectivity index (χ3n) is 3.88. The number of benzene rings is 2. The van der Waals surface area contributed by atoms with E-state index in [9.17, 15) is 4.79 Å². The molecule has 0 saturated carbocycles. The van der Waals surface area contributed by atoms with Crippen LogP contribution < -0.4 is 4.74 Å². The molecule has 0 atom stereocenters. The monoisotopic (exact) mass is 326 g/mol. The zero-order chi connectivity index (χ0) is 17.0. The van der Waals surface area contributed by atoms with Gasteiger partial charge in [-0.15, -0.1) is 0 Å². The molecule has 0 radical (unpaired) electrons. The van der Waals surface area contributed by atoms with Crippen molar-refractivity contribution in [3.63, 3.8) is 0 Å². The van der Waals surface area contributed by atoms with Crippen molar-refractivity contribution in [1.82, 2.24) is 0 Å². The molecule has 0 spiro atoms. The van der Waals surface area contributed by atoms with E-state index in [1.807, 2.05) is 42.5 Å². The standard InChI is InChI=1S/C21H26O3/c1-2-3-4-5-6-10-17-23-21(22)24-20-15-13-19(14-16-20)18-11-8-7-9-12-18/h7-9,11-16H,2-6,10,17H2,1H3. The second kappa shape index (κ2) is 10.5. The number of carbonyl (C=O) groups excluding carboxylic acids is 1. The minimum absolute atomic E-state index is 0.424. The summed E-state index contributed by atoms with van der Waals surface area (Å²) in [4.78, 5) is 11.7. The van der Waals surface area contributed by atoms with E-state index < -0.39 is 6.16 Å². The fourth-order valence-electron chi connectivity index (χ4n) is 2.51. The smallest absolute Gasteiger partial charge is 0.434 e. The van der Waals surface area contributed by atoms with E-state index in [-0.39, 0.29) is 0 Å². The number of rotatable bonds is 9. The van der Waals surface area contributed by atoms with Gasteiger partial charge in [0.25, 0.3) is 0 Å². The molecule has 0 aliphatic rings. The van der Waals surface area contributed by atoms with Gasteiger partial charge in [-0.1, -0.05) is 81.5 Å². The second-order valence-corrected chi connectivity index (χ2v) is 5.86. The molecule has 0 fully saturated rings. The van der Waals surface area contributed by atoms with Crippen LogP contribution in [0.15, 0.2) is 54.6 Å². The second-order valence-electron chi connectivity index (χ2n) is 5.86. The molecule has 3 heteroatoms. The lowest BCUT2D eigenvalue weighted by atomic mass is 10.1.